The number of benzene rings is 1. The van der Waals surface area contributed by atoms with Crippen LogP contribution in [0.1, 0.15) is 0 Å². The minimum atomic E-state index is -0.492. The van der Waals surface area contributed by atoms with Gasteiger partial charge in [0.25, 0.3) is 0 Å². The summed E-state index contributed by atoms with van der Waals surface area (Å²) in [6.07, 6.45) is 1.34. The Bertz CT molecular complexity index is 1230. The smallest absolute Gasteiger partial charge is 0.352 e. The average molecular weight is 387 g/mol. The molecule has 0 saturated carbocycles. The van der Waals surface area contributed by atoms with Crippen molar-refractivity contribution < 1.29 is 9.18 Å². The van der Waals surface area contributed by atoms with Gasteiger partial charge in [0, 0.05) is 19.8 Å². The Labute approximate surface area is 155 Å². The fraction of sp³-hybridized carbons (Fsp3) is 0.188. The predicted molar refractivity (Wildman–Crippen MR) is 99.8 cm³/mol. The highest BCUT2D eigenvalue weighted by Gasteiger charge is 2.17. The summed E-state index contributed by atoms with van der Waals surface area (Å²) in [6, 6.07) is 5.51. The van der Waals surface area contributed by atoms with Crippen molar-refractivity contribution in [1.82, 2.24) is 24.1 Å². The van der Waals surface area contributed by atoms with E-state index in [1.165, 1.54) is 40.3 Å². The van der Waals surface area contributed by atoms with E-state index in [9.17, 15) is 14.0 Å². The third-order valence-electron chi connectivity index (χ3n) is 3.75. The molecule has 0 atom stereocenters. The van der Waals surface area contributed by atoms with Gasteiger partial charge in [0.15, 0.2) is 16.4 Å². The van der Waals surface area contributed by atoms with Crippen LogP contribution in [-0.2, 0) is 11.3 Å². The van der Waals surface area contributed by atoms with Crippen LogP contribution in [0, 0.1) is 5.82 Å². The maximum atomic E-state index is 13.2. The van der Waals surface area contributed by atoms with Crippen LogP contribution in [0.5, 0.6) is 0 Å². The molecule has 0 aliphatic carbocycles. The topological polar surface area (TPSA) is 97.4 Å². The molecule has 0 aliphatic rings. The first-order chi connectivity index (χ1) is 12.9. The lowest BCUT2D eigenvalue weighted by atomic mass is 10.3. The summed E-state index contributed by atoms with van der Waals surface area (Å²) in [4.78, 5) is 35.1. The van der Waals surface area contributed by atoms with Gasteiger partial charge in [-0.2, -0.15) is 4.98 Å². The van der Waals surface area contributed by atoms with Crippen LogP contribution in [0.3, 0.4) is 0 Å². The molecule has 1 aromatic carbocycles. The molecule has 0 radical (unpaired) electrons. The van der Waals surface area contributed by atoms with Crippen LogP contribution in [0.25, 0.3) is 16.0 Å². The molecule has 27 heavy (non-hydrogen) atoms. The Morgan fingerprint density at radius 2 is 2.19 bits per heavy atom. The Balaban J connectivity index is 1.67. The second kappa shape index (κ2) is 6.43. The molecule has 0 unspecified atom stereocenters. The maximum Gasteiger partial charge on any atom is 0.352 e. The Hall–Kier alpha value is -3.34. The standard InChI is InChI=1S/C16H14FN7O2S/c1-22(2)15-20-13-12(27-15)14-21-24(16(26)23(14)8-18-13)7-11(25)19-10-5-3-4-9(17)6-10/h3-6,8H,7H2,1-2H3,(H,19,25). The van der Waals surface area contributed by atoms with Gasteiger partial charge in [-0.05, 0) is 18.2 Å². The molecule has 0 saturated heterocycles. The zero-order chi connectivity index (χ0) is 19.1. The molecule has 138 valence electrons. The van der Waals surface area contributed by atoms with E-state index < -0.39 is 17.4 Å². The molecule has 0 aliphatic heterocycles. The molecule has 9 nitrogen and oxygen atoms in total. The molecule has 3 heterocycles. The molecule has 0 bridgehead atoms. The number of thiazole rings is 1. The Kier molecular flexibility index (Phi) is 4.07. The van der Waals surface area contributed by atoms with Gasteiger partial charge in [0.05, 0.1) is 0 Å². The molecule has 0 fully saturated rings. The van der Waals surface area contributed by atoms with Crippen molar-refractivity contribution in [1.29, 1.82) is 0 Å². The lowest BCUT2D eigenvalue weighted by Crippen LogP contribution is -2.28. The summed E-state index contributed by atoms with van der Waals surface area (Å²) in [5.41, 5.74) is 0.680. The predicted octanol–water partition coefficient (Wildman–Crippen LogP) is 1.34. The highest BCUT2D eigenvalue weighted by molar-refractivity contribution is 7.22. The maximum absolute atomic E-state index is 13.2. The number of aromatic nitrogens is 5. The van der Waals surface area contributed by atoms with Crippen LogP contribution in [-0.4, -0.2) is 44.2 Å². The highest BCUT2D eigenvalue weighted by Crippen LogP contribution is 2.28. The van der Waals surface area contributed by atoms with Gasteiger partial charge in [-0.25, -0.2) is 23.3 Å². The lowest BCUT2D eigenvalue weighted by Gasteiger charge is -2.04. The number of fused-ring (bicyclic) bond motifs is 3. The van der Waals surface area contributed by atoms with Gasteiger partial charge in [-0.3, -0.25) is 4.79 Å². The number of carbonyl (C=O) groups is 1. The number of halogens is 1. The lowest BCUT2D eigenvalue weighted by molar-refractivity contribution is -0.117. The van der Waals surface area contributed by atoms with E-state index in [1.807, 2.05) is 19.0 Å². The minimum Gasteiger partial charge on any atom is -0.354 e. The van der Waals surface area contributed by atoms with Crippen molar-refractivity contribution in [3.63, 3.8) is 0 Å². The molecule has 3 aromatic heterocycles. The zero-order valence-electron chi connectivity index (χ0n) is 14.4. The van der Waals surface area contributed by atoms with Crippen molar-refractivity contribution in [2.24, 2.45) is 0 Å². The number of anilines is 2. The normalized spacial score (nSPS) is 11.2. The summed E-state index contributed by atoms with van der Waals surface area (Å²) in [6.45, 7) is -0.308. The Morgan fingerprint density at radius 1 is 1.37 bits per heavy atom. The quantitative estimate of drug-likeness (QED) is 0.568. The second-order valence-corrected chi connectivity index (χ2v) is 6.96. The fourth-order valence-corrected chi connectivity index (χ4v) is 3.44. The molecule has 11 heteroatoms. The van der Waals surface area contributed by atoms with Crippen LogP contribution < -0.4 is 15.9 Å². The number of rotatable bonds is 4. The molecular formula is C16H14FN7O2S. The summed E-state index contributed by atoms with van der Waals surface area (Å²) in [7, 11) is 3.72. The van der Waals surface area contributed by atoms with Crippen molar-refractivity contribution in [3.05, 3.63) is 46.9 Å². The molecule has 4 rings (SSSR count). The SMILES string of the molecule is CN(C)c1nc2ncn3c(=O)n(CC(=O)Nc4cccc(F)c4)nc3c2s1. The fourth-order valence-electron chi connectivity index (χ4n) is 2.52. The van der Waals surface area contributed by atoms with Crippen molar-refractivity contribution >= 4 is 44.1 Å². The number of hydrogen-bond acceptors (Lipinski definition) is 7. The number of amides is 1. The third kappa shape index (κ3) is 3.12. The van der Waals surface area contributed by atoms with Crippen LogP contribution in [0.4, 0.5) is 15.2 Å². The van der Waals surface area contributed by atoms with E-state index in [1.54, 1.807) is 6.07 Å². The van der Waals surface area contributed by atoms with E-state index in [2.05, 4.69) is 20.4 Å². The molecular weight excluding hydrogens is 373 g/mol. The Morgan fingerprint density at radius 3 is 2.93 bits per heavy atom. The van der Waals surface area contributed by atoms with Crippen LogP contribution >= 0.6 is 11.3 Å². The van der Waals surface area contributed by atoms with Crippen LogP contribution in [0.2, 0.25) is 0 Å². The van der Waals surface area contributed by atoms with E-state index in [4.69, 9.17) is 0 Å². The molecule has 4 aromatic rings. The summed E-state index contributed by atoms with van der Waals surface area (Å²) < 4.78 is 16.2. The van der Waals surface area contributed by atoms with E-state index in [0.717, 1.165) is 9.81 Å². The molecule has 0 spiro atoms. The van der Waals surface area contributed by atoms with Gasteiger partial charge in [0.1, 0.15) is 23.4 Å². The number of nitrogens with zero attached hydrogens (tertiary/aromatic N) is 6. The number of nitrogens with one attached hydrogen (secondary N) is 1. The van der Waals surface area contributed by atoms with E-state index in [-0.39, 0.29) is 6.54 Å². The van der Waals surface area contributed by atoms with Gasteiger partial charge < -0.3 is 10.2 Å². The summed E-state index contributed by atoms with van der Waals surface area (Å²) >= 11 is 1.35. The first-order valence-electron chi connectivity index (χ1n) is 7.90. The monoisotopic (exact) mass is 387 g/mol. The second-order valence-electron chi connectivity index (χ2n) is 5.98. The van der Waals surface area contributed by atoms with Gasteiger partial charge in [-0.1, -0.05) is 17.4 Å². The molecule has 1 amide bonds. The van der Waals surface area contributed by atoms with Gasteiger partial charge in [-0.15, -0.1) is 5.10 Å². The van der Waals surface area contributed by atoms with Crippen molar-refractivity contribution in [2.45, 2.75) is 6.54 Å². The van der Waals surface area contributed by atoms with Gasteiger partial charge >= 0.3 is 5.69 Å². The largest absolute Gasteiger partial charge is 0.354 e. The van der Waals surface area contributed by atoms with Gasteiger partial charge in [0.2, 0.25) is 5.91 Å². The van der Waals surface area contributed by atoms with Crippen molar-refractivity contribution in [2.75, 3.05) is 24.3 Å². The first kappa shape index (κ1) is 17.1. The summed E-state index contributed by atoms with van der Waals surface area (Å²) in [5.74, 6) is -0.957. The summed E-state index contributed by atoms with van der Waals surface area (Å²) in [5, 5.41) is 7.53. The average Bonchev–Trinajstić information content (AvgIpc) is 3.17. The molecule has 1 N–H and O–H groups in total. The highest BCUT2D eigenvalue weighted by atomic mass is 32.1. The van der Waals surface area contributed by atoms with Crippen molar-refractivity contribution in [3.8, 4) is 0 Å². The van der Waals surface area contributed by atoms with E-state index in [0.29, 0.717) is 21.7 Å². The minimum absolute atomic E-state index is 0.305. The van der Waals surface area contributed by atoms with E-state index >= 15 is 0 Å². The zero-order valence-corrected chi connectivity index (χ0v) is 15.2. The first-order valence-corrected chi connectivity index (χ1v) is 8.71. The third-order valence-corrected chi connectivity index (χ3v) is 4.96. The number of hydrogen-bond donors (Lipinski definition) is 1. The van der Waals surface area contributed by atoms with Crippen LogP contribution in [0.15, 0.2) is 35.4 Å². The number of carbonyl (C=O) groups excluding carboxylic acids is 1.